The second kappa shape index (κ2) is 7.66. The Morgan fingerprint density at radius 3 is 3.09 bits per heavy atom. The van der Waals surface area contributed by atoms with Gasteiger partial charge in [0.05, 0.1) is 31.4 Å². The molecule has 0 radical (unpaired) electrons. The predicted molar refractivity (Wildman–Crippen MR) is 89.4 cm³/mol. The molecule has 122 valence electrons. The zero-order valence-electron chi connectivity index (χ0n) is 13.3. The van der Waals surface area contributed by atoms with Gasteiger partial charge in [-0.1, -0.05) is 0 Å². The number of thiophene rings is 1. The van der Waals surface area contributed by atoms with Crippen molar-refractivity contribution in [3.8, 4) is 0 Å². The molecule has 0 N–H and O–H groups in total. The van der Waals surface area contributed by atoms with Crippen molar-refractivity contribution >= 4 is 17.2 Å². The van der Waals surface area contributed by atoms with Crippen LogP contribution in [0.25, 0.3) is 0 Å². The summed E-state index contributed by atoms with van der Waals surface area (Å²) in [5, 5.41) is 0. The van der Waals surface area contributed by atoms with Gasteiger partial charge in [-0.05, 0) is 31.9 Å². The summed E-state index contributed by atoms with van der Waals surface area (Å²) in [7, 11) is 0. The van der Waals surface area contributed by atoms with E-state index in [0.29, 0.717) is 26.2 Å². The van der Waals surface area contributed by atoms with Crippen LogP contribution in [0.2, 0.25) is 0 Å². The van der Waals surface area contributed by atoms with Crippen LogP contribution >= 0.6 is 11.3 Å². The summed E-state index contributed by atoms with van der Waals surface area (Å²) in [6.45, 7) is 3.97. The Kier molecular flexibility index (Phi) is 5.35. The first-order valence-corrected chi connectivity index (χ1v) is 8.71. The Morgan fingerprint density at radius 1 is 1.43 bits per heavy atom. The van der Waals surface area contributed by atoms with Crippen molar-refractivity contribution in [2.75, 3.05) is 19.8 Å². The number of hydrogen-bond donors (Lipinski definition) is 0. The molecule has 1 saturated heterocycles. The number of carbonyl (C=O) groups excluding carboxylic acids is 1. The maximum Gasteiger partial charge on any atom is 0.228 e. The number of ether oxygens (including phenoxy) is 1. The molecule has 1 fully saturated rings. The molecule has 1 aliphatic rings. The fourth-order valence-electron chi connectivity index (χ4n) is 2.83. The highest BCUT2D eigenvalue weighted by atomic mass is 32.1. The van der Waals surface area contributed by atoms with Crippen LogP contribution in [0, 0.1) is 6.92 Å². The normalized spacial score (nSPS) is 18.1. The lowest BCUT2D eigenvalue weighted by molar-refractivity contribution is -0.139. The van der Waals surface area contributed by atoms with Gasteiger partial charge in [0.25, 0.3) is 0 Å². The van der Waals surface area contributed by atoms with Crippen molar-refractivity contribution in [2.24, 2.45) is 0 Å². The topological polar surface area (TPSA) is 55.3 Å². The first-order valence-electron chi connectivity index (χ1n) is 7.90. The van der Waals surface area contributed by atoms with E-state index in [2.05, 4.69) is 23.0 Å². The van der Waals surface area contributed by atoms with E-state index in [4.69, 9.17) is 4.74 Å². The molecule has 2 aromatic rings. The minimum atomic E-state index is 0.124. The van der Waals surface area contributed by atoms with E-state index in [1.54, 1.807) is 29.9 Å². The molecule has 0 spiro atoms. The largest absolute Gasteiger partial charge is 0.377 e. The summed E-state index contributed by atoms with van der Waals surface area (Å²) in [5.74, 6) is 0.194. The molecular formula is C17H21N3O2S. The first kappa shape index (κ1) is 16.1. The summed E-state index contributed by atoms with van der Waals surface area (Å²) >= 11 is 1.69. The van der Waals surface area contributed by atoms with Crippen LogP contribution in [0.15, 0.2) is 30.7 Å². The van der Waals surface area contributed by atoms with Gasteiger partial charge in [0.15, 0.2) is 0 Å². The van der Waals surface area contributed by atoms with E-state index in [1.165, 1.54) is 4.88 Å². The number of nitrogens with zero attached hydrogens (tertiary/aromatic N) is 3. The highest BCUT2D eigenvalue weighted by molar-refractivity contribution is 7.12. The molecule has 3 heterocycles. The third-order valence-electron chi connectivity index (χ3n) is 4.02. The molecule has 0 aromatic carbocycles. The van der Waals surface area contributed by atoms with Crippen LogP contribution in [-0.4, -0.2) is 46.6 Å². The maximum atomic E-state index is 12.6. The summed E-state index contributed by atoms with van der Waals surface area (Å²) in [5.41, 5.74) is 0.958. The van der Waals surface area contributed by atoms with Gasteiger partial charge in [-0.15, -0.1) is 11.3 Å². The van der Waals surface area contributed by atoms with E-state index in [9.17, 15) is 4.79 Å². The van der Waals surface area contributed by atoms with Crippen LogP contribution in [-0.2, 0) is 22.4 Å². The van der Waals surface area contributed by atoms with E-state index in [1.807, 2.05) is 11.0 Å². The molecule has 1 atom stereocenters. The molecule has 5 nitrogen and oxygen atoms in total. The Balaban J connectivity index is 1.60. The summed E-state index contributed by atoms with van der Waals surface area (Å²) in [6, 6.07) is 4.24. The molecule has 1 amide bonds. The molecule has 6 heteroatoms. The minimum Gasteiger partial charge on any atom is -0.377 e. The smallest absolute Gasteiger partial charge is 0.228 e. The van der Waals surface area contributed by atoms with Gasteiger partial charge in [0.1, 0.15) is 0 Å². The fourth-order valence-corrected chi connectivity index (χ4v) is 3.71. The third-order valence-corrected chi connectivity index (χ3v) is 5.02. The molecule has 0 unspecified atom stereocenters. The van der Waals surface area contributed by atoms with Crippen molar-refractivity contribution in [1.82, 2.24) is 14.9 Å². The number of aromatic nitrogens is 2. The molecular weight excluding hydrogens is 310 g/mol. The van der Waals surface area contributed by atoms with Crippen LogP contribution in [0.5, 0.6) is 0 Å². The van der Waals surface area contributed by atoms with E-state index in [0.717, 1.165) is 23.4 Å². The number of rotatable bonds is 5. The van der Waals surface area contributed by atoms with E-state index < -0.39 is 0 Å². The Labute approximate surface area is 140 Å². The fraction of sp³-hybridized carbons (Fsp3) is 0.471. The number of morpholine rings is 1. The van der Waals surface area contributed by atoms with Gasteiger partial charge in [0, 0.05) is 34.9 Å². The van der Waals surface area contributed by atoms with Gasteiger partial charge in [-0.25, -0.2) is 0 Å². The molecule has 0 saturated carbocycles. The van der Waals surface area contributed by atoms with Gasteiger partial charge in [-0.2, -0.15) is 0 Å². The first-order chi connectivity index (χ1) is 11.2. The van der Waals surface area contributed by atoms with Gasteiger partial charge >= 0.3 is 0 Å². The van der Waals surface area contributed by atoms with Crippen molar-refractivity contribution in [3.63, 3.8) is 0 Å². The zero-order valence-corrected chi connectivity index (χ0v) is 14.1. The van der Waals surface area contributed by atoms with E-state index >= 15 is 0 Å². The molecule has 2 aromatic heterocycles. The standard InChI is InChI=1S/C17H21N3O2S/c1-13-2-5-16(23-13)10-17(21)20-8-9-22-12-15(20)4-3-14-11-18-6-7-19-14/h2,5-7,11,15H,3-4,8-10,12H2,1H3/t15-/m1/s1. The highest BCUT2D eigenvalue weighted by Crippen LogP contribution is 2.19. The number of carbonyl (C=O) groups is 1. The Morgan fingerprint density at radius 2 is 2.35 bits per heavy atom. The molecule has 0 bridgehead atoms. The van der Waals surface area contributed by atoms with Crippen LogP contribution in [0.1, 0.15) is 21.9 Å². The predicted octanol–water partition coefficient (Wildman–Crippen LogP) is 2.25. The molecule has 23 heavy (non-hydrogen) atoms. The minimum absolute atomic E-state index is 0.124. The third kappa shape index (κ3) is 4.36. The summed E-state index contributed by atoms with van der Waals surface area (Å²) in [4.78, 5) is 25.4. The van der Waals surface area contributed by atoms with Crippen molar-refractivity contribution in [3.05, 3.63) is 46.2 Å². The maximum absolute atomic E-state index is 12.6. The second-order valence-electron chi connectivity index (χ2n) is 5.74. The monoisotopic (exact) mass is 331 g/mol. The van der Waals surface area contributed by atoms with Crippen molar-refractivity contribution < 1.29 is 9.53 Å². The van der Waals surface area contributed by atoms with E-state index in [-0.39, 0.29) is 11.9 Å². The average Bonchev–Trinajstić information content (AvgIpc) is 2.99. The number of hydrogen-bond acceptors (Lipinski definition) is 5. The lowest BCUT2D eigenvalue weighted by Crippen LogP contribution is -2.49. The number of amides is 1. The molecule has 3 rings (SSSR count). The van der Waals surface area contributed by atoms with Crippen LogP contribution in [0.4, 0.5) is 0 Å². The second-order valence-corrected chi connectivity index (χ2v) is 7.11. The molecule has 0 aliphatic carbocycles. The van der Waals surface area contributed by atoms with Crippen LogP contribution in [0.3, 0.4) is 0 Å². The lowest BCUT2D eigenvalue weighted by Gasteiger charge is -2.35. The number of aryl methyl sites for hydroxylation is 2. The highest BCUT2D eigenvalue weighted by Gasteiger charge is 2.27. The lowest BCUT2D eigenvalue weighted by atomic mass is 10.1. The van der Waals surface area contributed by atoms with Gasteiger partial charge in [-0.3, -0.25) is 14.8 Å². The summed E-state index contributed by atoms with van der Waals surface area (Å²) in [6.07, 6.45) is 7.31. The molecule has 1 aliphatic heterocycles. The van der Waals surface area contributed by atoms with Gasteiger partial charge < -0.3 is 9.64 Å². The van der Waals surface area contributed by atoms with Crippen molar-refractivity contribution in [2.45, 2.75) is 32.2 Å². The quantitative estimate of drug-likeness (QED) is 0.843. The SMILES string of the molecule is Cc1ccc(CC(=O)N2CCOC[C@H]2CCc2cnccn2)s1. The average molecular weight is 331 g/mol. The van der Waals surface area contributed by atoms with Gasteiger partial charge in [0.2, 0.25) is 5.91 Å². The van der Waals surface area contributed by atoms with Crippen molar-refractivity contribution in [1.29, 1.82) is 0 Å². The summed E-state index contributed by atoms with van der Waals surface area (Å²) < 4.78 is 5.58. The van der Waals surface area contributed by atoms with Crippen LogP contribution < -0.4 is 0 Å². The zero-order chi connectivity index (χ0) is 16.1. The Hall–Kier alpha value is -1.79. The Bertz CT molecular complexity index is 644.